The SMILES string of the molecule is Cc1ccc(C(=O)CCCNS(=O)(=O)c2ccc(C)cc2)cc1. The third-order valence-corrected chi connectivity index (χ3v) is 5.05. The Labute approximate surface area is 137 Å². The normalized spacial score (nSPS) is 11.4. The summed E-state index contributed by atoms with van der Waals surface area (Å²) in [5, 5.41) is 0. The number of hydrogen-bond acceptors (Lipinski definition) is 3. The highest BCUT2D eigenvalue weighted by Gasteiger charge is 2.13. The van der Waals surface area contributed by atoms with Gasteiger partial charge in [0.2, 0.25) is 10.0 Å². The molecule has 0 atom stereocenters. The van der Waals surface area contributed by atoms with Crippen LogP contribution in [0.2, 0.25) is 0 Å². The van der Waals surface area contributed by atoms with Crippen molar-refractivity contribution < 1.29 is 13.2 Å². The molecule has 2 rings (SSSR count). The van der Waals surface area contributed by atoms with Gasteiger partial charge in [0.25, 0.3) is 0 Å². The molecule has 0 amide bonds. The van der Waals surface area contributed by atoms with Crippen molar-refractivity contribution in [3.05, 3.63) is 65.2 Å². The van der Waals surface area contributed by atoms with Gasteiger partial charge in [-0.3, -0.25) is 4.79 Å². The molecule has 23 heavy (non-hydrogen) atoms. The molecule has 0 aliphatic heterocycles. The van der Waals surface area contributed by atoms with E-state index < -0.39 is 10.0 Å². The second-order valence-corrected chi connectivity index (χ2v) is 7.37. The van der Waals surface area contributed by atoms with Gasteiger partial charge in [-0.05, 0) is 32.4 Å². The molecule has 0 bridgehead atoms. The van der Waals surface area contributed by atoms with Crippen molar-refractivity contribution in [3.63, 3.8) is 0 Å². The Hall–Kier alpha value is -1.98. The van der Waals surface area contributed by atoms with Gasteiger partial charge in [-0.25, -0.2) is 13.1 Å². The van der Waals surface area contributed by atoms with Crippen LogP contribution in [0.1, 0.15) is 34.3 Å². The molecule has 5 heteroatoms. The first-order valence-electron chi connectivity index (χ1n) is 7.55. The zero-order chi connectivity index (χ0) is 16.9. The van der Waals surface area contributed by atoms with Crippen LogP contribution in [0.25, 0.3) is 0 Å². The van der Waals surface area contributed by atoms with Gasteiger partial charge in [0.15, 0.2) is 5.78 Å². The first kappa shape index (κ1) is 17.4. The largest absolute Gasteiger partial charge is 0.294 e. The summed E-state index contributed by atoms with van der Waals surface area (Å²) in [6.45, 7) is 4.11. The average molecular weight is 331 g/mol. The molecule has 0 aliphatic rings. The fourth-order valence-electron chi connectivity index (χ4n) is 2.14. The van der Waals surface area contributed by atoms with Crippen LogP contribution in [0.3, 0.4) is 0 Å². The Morgan fingerprint density at radius 1 is 0.913 bits per heavy atom. The number of nitrogens with one attached hydrogen (secondary N) is 1. The van der Waals surface area contributed by atoms with Crippen LogP contribution in [-0.4, -0.2) is 20.7 Å². The molecule has 0 unspecified atom stereocenters. The number of benzene rings is 2. The van der Waals surface area contributed by atoms with Gasteiger partial charge < -0.3 is 0 Å². The summed E-state index contributed by atoms with van der Waals surface area (Å²) in [6.07, 6.45) is 0.789. The lowest BCUT2D eigenvalue weighted by Gasteiger charge is -2.07. The number of hydrogen-bond donors (Lipinski definition) is 1. The Kier molecular flexibility index (Phi) is 5.69. The van der Waals surface area contributed by atoms with Gasteiger partial charge in [0, 0.05) is 18.5 Å². The third kappa shape index (κ3) is 5.01. The predicted octanol–water partition coefficient (Wildman–Crippen LogP) is 3.24. The molecule has 4 nitrogen and oxygen atoms in total. The van der Waals surface area contributed by atoms with E-state index >= 15 is 0 Å². The second kappa shape index (κ2) is 7.53. The van der Waals surface area contributed by atoms with E-state index in [0.717, 1.165) is 11.1 Å². The number of aryl methyl sites for hydroxylation is 2. The summed E-state index contributed by atoms with van der Waals surface area (Å²) in [5.74, 6) is 0.0273. The Balaban J connectivity index is 1.83. The van der Waals surface area contributed by atoms with Gasteiger partial charge in [0.05, 0.1) is 4.90 Å². The smallest absolute Gasteiger partial charge is 0.240 e. The summed E-state index contributed by atoms with van der Waals surface area (Å²) < 4.78 is 26.7. The van der Waals surface area contributed by atoms with Crippen molar-refractivity contribution in [2.24, 2.45) is 0 Å². The summed E-state index contributed by atoms with van der Waals surface area (Å²) in [5.41, 5.74) is 2.78. The number of rotatable bonds is 7. The fraction of sp³-hybridized carbons (Fsp3) is 0.278. The molecule has 0 saturated carbocycles. The molecule has 2 aromatic rings. The van der Waals surface area contributed by atoms with Crippen molar-refractivity contribution in [2.45, 2.75) is 31.6 Å². The van der Waals surface area contributed by atoms with Crippen LogP contribution in [-0.2, 0) is 10.0 Å². The van der Waals surface area contributed by atoms with Gasteiger partial charge in [-0.1, -0.05) is 47.5 Å². The van der Waals surface area contributed by atoms with E-state index in [4.69, 9.17) is 0 Å². The van der Waals surface area contributed by atoms with Crippen molar-refractivity contribution in [1.82, 2.24) is 4.72 Å². The molecule has 2 aromatic carbocycles. The Morgan fingerprint density at radius 3 is 2.00 bits per heavy atom. The van der Waals surface area contributed by atoms with E-state index in [-0.39, 0.29) is 17.2 Å². The van der Waals surface area contributed by atoms with Gasteiger partial charge in [-0.2, -0.15) is 0 Å². The minimum absolute atomic E-state index is 0.0273. The number of carbonyl (C=O) groups is 1. The average Bonchev–Trinajstić information content (AvgIpc) is 2.52. The molecular weight excluding hydrogens is 310 g/mol. The number of ketones is 1. The van der Waals surface area contributed by atoms with Crippen molar-refractivity contribution in [2.75, 3.05) is 6.54 Å². The lowest BCUT2D eigenvalue weighted by molar-refractivity contribution is 0.0980. The van der Waals surface area contributed by atoms with E-state index in [1.165, 1.54) is 0 Å². The highest BCUT2D eigenvalue weighted by molar-refractivity contribution is 7.89. The number of Topliss-reactive ketones (excluding diaryl/α,β-unsaturated/α-hetero) is 1. The standard InChI is InChI=1S/C18H21NO3S/c1-14-5-9-16(10-6-14)18(20)4-3-13-19-23(21,22)17-11-7-15(2)8-12-17/h5-12,19H,3-4,13H2,1-2H3. The van der Waals surface area contributed by atoms with Gasteiger partial charge >= 0.3 is 0 Å². The minimum Gasteiger partial charge on any atom is -0.294 e. The molecule has 1 N–H and O–H groups in total. The monoisotopic (exact) mass is 331 g/mol. The zero-order valence-corrected chi connectivity index (χ0v) is 14.2. The Bertz CT molecular complexity index is 763. The molecular formula is C18H21NO3S. The minimum atomic E-state index is -3.51. The van der Waals surface area contributed by atoms with E-state index in [1.54, 1.807) is 36.4 Å². The number of sulfonamides is 1. The third-order valence-electron chi connectivity index (χ3n) is 3.58. The van der Waals surface area contributed by atoms with E-state index in [0.29, 0.717) is 18.4 Å². The summed E-state index contributed by atoms with van der Waals surface area (Å²) in [6, 6.07) is 14.1. The fourth-order valence-corrected chi connectivity index (χ4v) is 3.21. The molecule has 0 saturated heterocycles. The van der Waals surface area contributed by atoms with Crippen LogP contribution in [0, 0.1) is 13.8 Å². The van der Waals surface area contributed by atoms with Crippen LogP contribution in [0.4, 0.5) is 0 Å². The van der Waals surface area contributed by atoms with E-state index in [1.807, 2.05) is 26.0 Å². The van der Waals surface area contributed by atoms with Crippen LogP contribution in [0.5, 0.6) is 0 Å². The molecule has 0 fully saturated rings. The van der Waals surface area contributed by atoms with Crippen molar-refractivity contribution in [3.8, 4) is 0 Å². The molecule has 0 spiro atoms. The maximum atomic E-state index is 12.1. The topological polar surface area (TPSA) is 63.2 Å². The first-order chi connectivity index (χ1) is 10.9. The van der Waals surface area contributed by atoms with E-state index in [2.05, 4.69) is 4.72 Å². The van der Waals surface area contributed by atoms with Crippen molar-refractivity contribution in [1.29, 1.82) is 0 Å². The number of carbonyl (C=O) groups excluding carboxylic acids is 1. The second-order valence-electron chi connectivity index (χ2n) is 5.60. The van der Waals surface area contributed by atoms with Crippen LogP contribution >= 0.6 is 0 Å². The lowest BCUT2D eigenvalue weighted by atomic mass is 10.1. The molecule has 122 valence electrons. The van der Waals surface area contributed by atoms with Gasteiger partial charge in [-0.15, -0.1) is 0 Å². The highest BCUT2D eigenvalue weighted by atomic mass is 32.2. The zero-order valence-electron chi connectivity index (χ0n) is 13.4. The van der Waals surface area contributed by atoms with Crippen LogP contribution < -0.4 is 4.72 Å². The van der Waals surface area contributed by atoms with E-state index in [9.17, 15) is 13.2 Å². The molecule has 0 aromatic heterocycles. The first-order valence-corrected chi connectivity index (χ1v) is 9.03. The maximum Gasteiger partial charge on any atom is 0.240 e. The summed E-state index contributed by atoms with van der Waals surface area (Å²) >= 11 is 0. The summed E-state index contributed by atoms with van der Waals surface area (Å²) in [4.78, 5) is 12.3. The summed E-state index contributed by atoms with van der Waals surface area (Å²) in [7, 11) is -3.51. The van der Waals surface area contributed by atoms with Gasteiger partial charge in [0.1, 0.15) is 0 Å². The molecule has 0 radical (unpaired) electrons. The molecule has 0 heterocycles. The predicted molar refractivity (Wildman–Crippen MR) is 91.1 cm³/mol. The highest BCUT2D eigenvalue weighted by Crippen LogP contribution is 2.11. The molecule has 0 aliphatic carbocycles. The quantitative estimate of drug-likeness (QED) is 0.626. The lowest BCUT2D eigenvalue weighted by Crippen LogP contribution is -2.25. The maximum absolute atomic E-state index is 12.1. The Morgan fingerprint density at radius 2 is 1.43 bits per heavy atom. The van der Waals surface area contributed by atoms with Crippen LogP contribution in [0.15, 0.2) is 53.4 Å². The van der Waals surface area contributed by atoms with Crippen molar-refractivity contribution >= 4 is 15.8 Å².